The van der Waals surface area contributed by atoms with Gasteiger partial charge in [0.15, 0.2) is 0 Å². The van der Waals surface area contributed by atoms with E-state index >= 15 is 0 Å². The first-order valence-corrected chi connectivity index (χ1v) is 6.43. The fourth-order valence-electron chi connectivity index (χ4n) is 2.32. The predicted molar refractivity (Wildman–Crippen MR) is 75.9 cm³/mol. The number of allylic oxidation sites excluding steroid dienone is 4. The molecule has 1 aliphatic rings. The van der Waals surface area contributed by atoms with Crippen LogP contribution in [-0.2, 0) is 5.41 Å². The van der Waals surface area contributed by atoms with Crippen LogP contribution in [0.25, 0.3) is 11.0 Å². The number of benzene rings is 1. The molecule has 1 aromatic heterocycles. The molecule has 3 rings (SSSR count). The van der Waals surface area contributed by atoms with E-state index < -0.39 is 0 Å². The summed E-state index contributed by atoms with van der Waals surface area (Å²) < 4.78 is 5.92. The van der Waals surface area contributed by atoms with Crippen molar-refractivity contribution in [2.24, 2.45) is 0 Å². The summed E-state index contributed by atoms with van der Waals surface area (Å²) in [5.41, 5.74) is 2.50. The number of fused-ring (bicyclic) bond motifs is 1. The molecule has 0 spiro atoms. The first kappa shape index (κ1) is 11.3. The Labute approximate surface area is 108 Å². The molecule has 1 heteroatoms. The molecular formula is C17H18O. The highest BCUT2D eigenvalue weighted by molar-refractivity contribution is 5.79. The van der Waals surface area contributed by atoms with Crippen molar-refractivity contribution in [3.8, 4) is 0 Å². The molecule has 0 saturated heterocycles. The summed E-state index contributed by atoms with van der Waals surface area (Å²) in [4.78, 5) is 0. The second kappa shape index (κ2) is 3.88. The van der Waals surface area contributed by atoms with Crippen LogP contribution in [0.1, 0.15) is 38.0 Å². The maximum Gasteiger partial charge on any atom is 0.134 e. The van der Waals surface area contributed by atoms with E-state index in [1.807, 2.05) is 0 Å². The van der Waals surface area contributed by atoms with E-state index in [0.717, 1.165) is 11.3 Å². The molecule has 0 unspecified atom stereocenters. The zero-order valence-corrected chi connectivity index (χ0v) is 11.1. The predicted octanol–water partition coefficient (Wildman–Crippen LogP) is 4.94. The van der Waals surface area contributed by atoms with Gasteiger partial charge in [0.1, 0.15) is 11.3 Å². The monoisotopic (exact) mass is 238 g/mol. The van der Waals surface area contributed by atoms with Crippen molar-refractivity contribution in [1.82, 2.24) is 0 Å². The summed E-state index contributed by atoms with van der Waals surface area (Å²) in [5.74, 6) is 1.33. The second-order valence-corrected chi connectivity index (χ2v) is 5.95. The third kappa shape index (κ3) is 1.90. The maximum absolute atomic E-state index is 5.92. The molecule has 0 aliphatic heterocycles. The molecule has 0 saturated carbocycles. The lowest BCUT2D eigenvalue weighted by Crippen LogP contribution is -2.10. The minimum atomic E-state index is 0.179. The van der Waals surface area contributed by atoms with Gasteiger partial charge in [-0.1, -0.05) is 51.1 Å². The molecule has 2 aromatic rings. The van der Waals surface area contributed by atoms with Crippen LogP contribution in [0.15, 0.2) is 53.0 Å². The third-order valence-corrected chi connectivity index (χ3v) is 3.48. The van der Waals surface area contributed by atoms with E-state index in [4.69, 9.17) is 4.42 Å². The number of hydrogen-bond donors (Lipinski definition) is 0. The fourth-order valence-corrected chi connectivity index (χ4v) is 2.32. The van der Waals surface area contributed by atoms with Crippen molar-refractivity contribution in [2.75, 3.05) is 0 Å². The van der Waals surface area contributed by atoms with E-state index in [1.165, 1.54) is 10.9 Å². The minimum Gasteiger partial charge on any atom is -0.460 e. The van der Waals surface area contributed by atoms with Gasteiger partial charge in [0.05, 0.1) is 5.92 Å². The third-order valence-electron chi connectivity index (χ3n) is 3.48. The Bertz CT molecular complexity index is 623. The highest BCUT2D eigenvalue weighted by Gasteiger charge is 2.17. The lowest BCUT2D eigenvalue weighted by Gasteiger charge is -2.18. The van der Waals surface area contributed by atoms with Crippen molar-refractivity contribution in [3.05, 3.63) is 59.9 Å². The van der Waals surface area contributed by atoms with Crippen LogP contribution in [0.2, 0.25) is 0 Å². The van der Waals surface area contributed by atoms with Crippen LogP contribution in [-0.4, -0.2) is 0 Å². The number of hydrogen-bond acceptors (Lipinski definition) is 1. The zero-order chi connectivity index (χ0) is 12.8. The fraction of sp³-hybridized carbons (Fsp3) is 0.294. The summed E-state index contributed by atoms with van der Waals surface area (Å²) in [6, 6.07) is 8.65. The second-order valence-electron chi connectivity index (χ2n) is 5.95. The first-order valence-electron chi connectivity index (χ1n) is 6.43. The molecule has 1 nitrogen and oxygen atoms in total. The Morgan fingerprint density at radius 2 is 1.72 bits per heavy atom. The van der Waals surface area contributed by atoms with Crippen LogP contribution < -0.4 is 0 Å². The summed E-state index contributed by atoms with van der Waals surface area (Å²) >= 11 is 0. The van der Waals surface area contributed by atoms with Crippen LogP contribution in [0.4, 0.5) is 0 Å². The smallest absolute Gasteiger partial charge is 0.134 e. The molecular weight excluding hydrogens is 220 g/mol. The molecule has 0 radical (unpaired) electrons. The van der Waals surface area contributed by atoms with Gasteiger partial charge in [-0.2, -0.15) is 0 Å². The maximum atomic E-state index is 5.92. The average Bonchev–Trinajstić information content (AvgIpc) is 2.95. The van der Waals surface area contributed by atoms with Gasteiger partial charge in [0.25, 0.3) is 0 Å². The van der Waals surface area contributed by atoms with E-state index in [-0.39, 0.29) is 5.41 Å². The molecule has 1 aliphatic carbocycles. The van der Waals surface area contributed by atoms with Crippen LogP contribution in [0, 0.1) is 0 Å². The Kier molecular flexibility index (Phi) is 2.44. The summed E-state index contributed by atoms with van der Waals surface area (Å²) in [5, 5.41) is 1.20. The largest absolute Gasteiger partial charge is 0.460 e. The molecule has 92 valence electrons. The molecule has 18 heavy (non-hydrogen) atoms. The van der Waals surface area contributed by atoms with E-state index in [1.54, 1.807) is 0 Å². The quantitative estimate of drug-likeness (QED) is 0.685. The van der Waals surface area contributed by atoms with Crippen molar-refractivity contribution in [3.63, 3.8) is 0 Å². The topological polar surface area (TPSA) is 13.1 Å². The highest BCUT2D eigenvalue weighted by atomic mass is 16.3. The molecule has 0 fully saturated rings. The van der Waals surface area contributed by atoms with Crippen molar-refractivity contribution in [1.29, 1.82) is 0 Å². The van der Waals surface area contributed by atoms with Gasteiger partial charge in [-0.25, -0.2) is 0 Å². The Morgan fingerprint density at radius 1 is 1.00 bits per heavy atom. The van der Waals surface area contributed by atoms with E-state index in [2.05, 4.69) is 69.3 Å². The summed E-state index contributed by atoms with van der Waals surface area (Å²) in [7, 11) is 0. The van der Waals surface area contributed by atoms with Crippen molar-refractivity contribution in [2.45, 2.75) is 32.1 Å². The molecule has 0 atom stereocenters. The van der Waals surface area contributed by atoms with Gasteiger partial charge in [0, 0.05) is 5.39 Å². The Balaban J connectivity index is 2.07. The molecule has 0 bridgehead atoms. The zero-order valence-electron chi connectivity index (χ0n) is 11.1. The summed E-state index contributed by atoms with van der Waals surface area (Å²) in [6.07, 6.45) is 8.45. The highest BCUT2D eigenvalue weighted by Crippen LogP contribution is 2.32. The molecule has 1 heterocycles. The molecule has 1 aromatic carbocycles. The average molecular weight is 238 g/mol. The Morgan fingerprint density at radius 3 is 2.39 bits per heavy atom. The van der Waals surface area contributed by atoms with E-state index in [0.29, 0.717) is 5.92 Å². The lowest BCUT2D eigenvalue weighted by atomic mass is 9.86. The van der Waals surface area contributed by atoms with Gasteiger partial charge in [-0.05, 0) is 29.2 Å². The normalized spacial score (nSPS) is 15.9. The number of furan rings is 1. The van der Waals surface area contributed by atoms with Crippen molar-refractivity contribution < 1.29 is 4.42 Å². The van der Waals surface area contributed by atoms with Crippen LogP contribution in [0.5, 0.6) is 0 Å². The van der Waals surface area contributed by atoms with Crippen LogP contribution in [0.3, 0.4) is 0 Å². The first-order chi connectivity index (χ1) is 8.54. The standard InChI is InChI=1S/C17H18O/c1-17(2,3)14-8-9-15-13(10-14)11-16(18-15)12-6-4-5-7-12/h4-12H,1-3H3. The van der Waals surface area contributed by atoms with Gasteiger partial charge >= 0.3 is 0 Å². The minimum absolute atomic E-state index is 0.179. The molecule has 0 amide bonds. The van der Waals surface area contributed by atoms with E-state index in [9.17, 15) is 0 Å². The molecule has 0 N–H and O–H groups in total. The SMILES string of the molecule is CC(C)(C)c1ccc2oc(C3C=CC=C3)cc2c1. The van der Waals surface area contributed by atoms with Gasteiger partial charge in [-0.3, -0.25) is 0 Å². The van der Waals surface area contributed by atoms with Gasteiger partial charge in [-0.15, -0.1) is 0 Å². The number of rotatable bonds is 1. The Hall–Kier alpha value is -1.76. The van der Waals surface area contributed by atoms with Gasteiger partial charge in [0.2, 0.25) is 0 Å². The van der Waals surface area contributed by atoms with Gasteiger partial charge < -0.3 is 4.42 Å². The van der Waals surface area contributed by atoms with Crippen LogP contribution >= 0.6 is 0 Å². The van der Waals surface area contributed by atoms with Crippen molar-refractivity contribution >= 4 is 11.0 Å². The summed E-state index contributed by atoms with van der Waals surface area (Å²) in [6.45, 7) is 6.70. The lowest BCUT2D eigenvalue weighted by molar-refractivity contribution is 0.550.